The second-order valence-electron chi connectivity index (χ2n) is 9.37. The van der Waals surface area contributed by atoms with Crippen LogP contribution in [0.2, 0.25) is 0 Å². The van der Waals surface area contributed by atoms with Crippen LogP contribution < -0.4 is 9.64 Å². The summed E-state index contributed by atoms with van der Waals surface area (Å²) >= 11 is 0. The Labute approximate surface area is 197 Å². The van der Waals surface area contributed by atoms with Crippen molar-refractivity contribution < 1.29 is 14.3 Å². The zero-order chi connectivity index (χ0) is 23.2. The molecule has 2 aliphatic heterocycles. The lowest BCUT2D eigenvalue weighted by Gasteiger charge is -2.32. The molecule has 0 N–H and O–H groups in total. The highest BCUT2D eigenvalue weighted by molar-refractivity contribution is 5.95. The third-order valence-corrected chi connectivity index (χ3v) is 6.76. The summed E-state index contributed by atoms with van der Waals surface area (Å²) in [5, 5.41) is 0. The number of benzene rings is 2. The molecule has 0 saturated carbocycles. The highest BCUT2D eigenvalue weighted by atomic mass is 16.5. The van der Waals surface area contributed by atoms with Gasteiger partial charge in [-0.1, -0.05) is 0 Å². The number of hydrogen-bond donors (Lipinski definition) is 0. The van der Waals surface area contributed by atoms with Crippen molar-refractivity contribution in [3.05, 3.63) is 59.7 Å². The molecule has 0 aromatic heterocycles. The standard InChI is InChI=1S/C27H35N3O3/c1-28(2)24-10-6-22(7-11-24)27(32)30-18-14-21(15-19-30)20-33-25-12-8-23(9-13-25)26(31)29-16-4-3-5-17-29/h6-13,21H,3-5,14-20H2,1-2H3. The Morgan fingerprint density at radius 3 is 1.85 bits per heavy atom. The Morgan fingerprint density at radius 2 is 1.30 bits per heavy atom. The van der Waals surface area contributed by atoms with Gasteiger partial charge < -0.3 is 19.4 Å². The predicted molar refractivity (Wildman–Crippen MR) is 131 cm³/mol. The van der Waals surface area contributed by atoms with Gasteiger partial charge in [-0.3, -0.25) is 9.59 Å². The van der Waals surface area contributed by atoms with Gasteiger partial charge in [-0.05, 0) is 86.6 Å². The maximum Gasteiger partial charge on any atom is 0.253 e. The van der Waals surface area contributed by atoms with Crippen molar-refractivity contribution in [3.63, 3.8) is 0 Å². The van der Waals surface area contributed by atoms with E-state index in [0.717, 1.165) is 74.4 Å². The number of carbonyl (C=O) groups is 2. The molecule has 33 heavy (non-hydrogen) atoms. The van der Waals surface area contributed by atoms with E-state index in [1.807, 2.05) is 77.3 Å². The lowest BCUT2D eigenvalue weighted by atomic mass is 9.97. The van der Waals surface area contributed by atoms with E-state index in [1.54, 1.807) is 0 Å². The van der Waals surface area contributed by atoms with Crippen LogP contribution in [0.25, 0.3) is 0 Å². The van der Waals surface area contributed by atoms with Gasteiger partial charge in [0, 0.05) is 57.1 Å². The predicted octanol–water partition coefficient (Wildman–Crippen LogP) is 4.31. The molecule has 0 spiro atoms. The van der Waals surface area contributed by atoms with Crippen LogP contribution in [0.15, 0.2) is 48.5 Å². The van der Waals surface area contributed by atoms with Gasteiger partial charge in [0.1, 0.15) is 5.75 Å². The average molecular weight is 450 g/mol. The van der Waals surface area contributed by atoms with Crippen LogP contribution >= 0.6 is 0 Å². The summed E-state index contributed by atoms with van der Waals surface area (Å²) in [6.07, 6.45) is 5.29. The molecule has 2 saturated heterocycles. The Kier molecular flexibility index (Phi) is 7.53. The second kappa shape index (κ2) is 10.7. The summed E-state index contributed by atoms with van der Waals surface area (Å²) in [5.74, 6) is 1.45. The van der Waals surface area contributed by atoms with Crippen LogP contribution in [0, 0.1) is 5.92 Å². The molecule has 2 aliphatic rings. The third kappa shape index (κ3) is 5.86. The monoisotopic (exact) mass is 449 g/mol. The van der Waals surface area contributed by atoms with Gasteiger partial charge in [0.05, 0.1) is 6.61 Å². The van der Waals surface area contributed by atoms with Gasteiger partial charge in [-0.15, -0.1) is 0 Å². The molecule has 2 aromatic carbocycles. The number of hydrogen-bond acceptors (Lipinski definition) is 4. The van der Waals surface area contributed by atoms with Gasteiger partial charge in [-0.25, -0.2) is 0 Å². The normalized spacial score (nSPS) is 17.0. The Bertz CT molecular complexity index is 926. The summed E-state index contributed by atoms with van der Waals surface area (Å²) in [6.45, 7) is 3.87. The van der Waals surface area contributed by atoms with Gasteiger partial charge in [0.2, 0.25) is 0 Å². The average Bonchev–Trinajstić information content (AvgIpc) is 2.88. The Hall–Kier alpha value is -3.02. The van der Waals surface area contributed by atoms with Crippen molar-refractivity contribution in [2.24, 2.45) is 5.92 Å². The van der Waals surface area contributed by atoms with E-state index >= 15 is 0 Å². The molecule has 2 amide bonds. The van der Waals surface area contributed by atoms with E-state index in [4.69, 9.17) is 4.74 Å². The summed E-state index contributed by atoms with van der Waals surface area (Å²) < 4.78 is 6.01. The van der Waals surface area contributed by atoms with Gasteiger partial charge >= 0.3 is 0 Å². The first-order valence-electron chi connectivity index (χ1n) is 12.1. The van der Waals surface area contributed by atoms with E-state index in [-0.39, 0.29) is 11.8 Å². The molecule has 0 radical (unpaired) electrons. The van der Waals surface area contributed by atoms with Crippen LogP contribution in [0.3, 0.4) is 0 Å². The minimum absolute atomic E-state index is 0.105. The first-order chi connectivity index (χ1) is 16.0. The van der Waals surface area contributed by atoms with Gasteiger partial charge in [0.25, 0.3) is 11.8 Å². The molecule has 2 fully saturated rings. The van der Waals surface area contributed by atoms with Gasteiger partial charge in [0.15, 0.2) is 0 Å². The van der Waals surface area contributed by atoms with Crippen molar-refractivity contribution in [3.8, 4) is 5.75 Å². The minimum atomic E-state index is 0.105. The smallest absolute Gasteiger partial charge is 0.253 e. The molecule has 0 aliphatic carbocycles. The number of piperidine rings is 2. The lowest BCUT2D eigenvalue weighted by Crippen LogP contribution is -2.39. The molecule has 176 valence electrons. The quantitative estimate of drug-likeness (QED) is 0.660. The van der Waals surface area contributed by atoms with Crippen LogP contribution in [0.5, 0.6) is 5.75 Å². The number of likely N-dealkylation sites (tertiary alicyclic amines) is 2. The van der Waals surface area contributed by atoms with Crippen molar-refractivity contribution in [2.45, 2.75) is 32.1 Å². The fourth-order valence-corrected chi connectivity index (χ4v) is 4.57. The maximum absolute atomic E-state index is 12.8. The highest BCUT2D eigenvalue weighted by Gasteiger charge is 2.24. The highest BCUT2D eigenvalue weighted by Crippen LogP contribution is 2.23. The topological polar surface area (TPSA) is 53.1 Å². The van der Waals surface area contributed by atoms with E-state index in [0.29, 0.717) is 12.5 Å². The molecule has 6 nitrogen and oxygen atoms in total. The van der Waals surface area contributed by atoms with E-state index < -0.39 is 0 Å². The van der Waals surface area contributed by atoms with Crippen molar-refractivity contribution in [1.29, 1.82) is 0 Å². The van der Waals surface area contributed by atoms with Crippen LogP contribution in [-0.2, 0) is 0 Å². The number of rotatable bonds is 6. The molecular weight excluding hydrogens is 414 g/mol. The van der Waals surface area contributed by atoms with Crippen LogP contribution in [-0.4, -0.2) is 68.5 Å². The molecule has 6 heteroatoms. The summed E-state index contributed by atoms with van der Waals surface area (Å²) in [6, 6.07) is 15.3. The SMILES string of the molecule is CN(C)c1ccc(C(=O)N2CCC(COc3ccc(C(=O)N4CCCCC4)cc3)CC2)cc1. The molecule has 0 atom stereocenters. The Morgan fingerprint density at radius 1 is 0.788 bits per heavy atom. The first-order valence-corrected chi connectivity index (χ1v) is 12.1. The first kappa shape index (κ1) is 23.1. The van der Waals surface area contributed by atoms with E-state index in [1.165, 1.54) is 6.42 Å². The Balaban J connectivity index is 1.22. The number of amides is 2. The second-order valence-corrected chi connectivity index (χ2v) is 9.37. The molecule has 4 rings (SSSR count). The van der Waals surface area contributed by atoms with E-state index in [9.17, 15) is 9.59 Å². The van der Waals surface area contributed by atoms with E-state index in [2.05, 4.69) is 0 Å². The molecule has 2 aromatic rings. The fraction of sp³-hybridized carbons (Fsp3) is 0.481. The summed E-state index contributed by atoms with van der Waals surface area (Å²) in [5.41, 5.74) is 2.57. The molecule has 2 heterocycles. The van der Waals surface area contributed by atoms with Crippen LogP contribution in [0.1, 0.15) is 52.8 Å². The molecule has 0 unspecified atom stereocenters. The fourth-order valence-electron chi connectivity index (χ4n) is 4.57. The number of ether oxygens (including phenoxy) is 1. The minimum Gasteiger partial charge on any atom is -0.493 e. The van der Waals surface area contributed by atoms with Crippen molar-refractivity contribution >= 4 is 17.5 Å². The van der Waals surface area contributed by atoms with Crippen LogP contribution in [0.4, 0.5) is 5.69 Å². The third-order valence-electron chi connectivity index (χ3n) is 6.76. The van der Waals surface area contributed by atoms with Gasteiger partial charge in [-0.2, -0.15) is 0 Å². The summed E-state index contributed by atoms with van der Waals surface area (Å²) in [7, 11) is 3.99. The van der Waals surface area contributed by atoms with Crippen molar-refractivity contribution in [1.82, 2.24) is 9.80 Å². The maximum atomic E-state index is 12.8. The molecular formula is C27H35N3O3. The number of anilines is 1. The number of carbonyl (C=O) groups excluding carboxylic acids is 2. The summed E-state index contributed by atoms with van der Waals surface area (Å²) in [4.78, 5) is 31.3. The zero-order valence-corrected chi connectivity index (χ0v) is 19.8. The number of nitrogens with zero attached hydrogens (tertiary/aromatic N) is 3. The lowest BCUT2D eigenvalue weighted by molar-refractivity contribution is 0.0660. The molecule has 0 bridgehead atoms. The zero-order valence-electron chi connectivity index (χ0n) is 19.8. The van der Waals surface area contributed by atoms with Crippen molar-refractivity contribution in [2.75, 3.05) is 51.8 Å². The largest absolute Gasteiger partial charge is 0.493 e.